The van der Waals surface area contributed by atoms with E-state index in [1.807, 2.05) is 49.1 Å². The zero-order chi connectivity index (χ0) is 18.7. The van der Waals surface area contributed by atoms with Crippen LogP contribution in [0.3, 0.4) is 0 Å². The van der Waals surface area contributed by atoms with E-state index < -0.39 is 12.1 Å². The average Bonchev–Trinajstić information content (AvgIpc) is 2.67. The largest absolute Gasteiger partial charge is 0.381 e. The van der Waals surface area contributed by atoms with Gasteiger partial charge in [-0.1, -0.05) is 30.3 Å². The molecule has 2 heterocycles. The van der Waals surface area contributed by atoms with Gasteiger partial charge in [0.15, 0.2) is 6.10 Å². The third-order valence-electron chi connectivity index (χ3n) is 5.29. The number of ether oxygens (including phenoxy) is 2. The van der Waals surface area contributed by atoms with Crippen LogP contribution in [0.2, 0.25) is 0 Å². The molecule has 2 aliphatic rings. The number of piperidine rings is 1. The van der Waals surface area contributed by atoms with Crippen LogP contribution >= 0.6 is 0 Å². The number of methoxy groups -OCH3 is 1. The van der Waals surface area contributed by atoms with Crippen LogP contribution in [-0.4, -0.2) is 66.7 Å². The quantitative estimate of drug-likeness (QED) is 0.824. The number of benzene rings is 1. The molecule has 2 atom stereocenters. The number of carbonyl (C=O) groups is 2. The first kappa shape index (κ1) is 18.9. The maximum Gasteiger partial charge on any atom is 0.254 e. The Hall–Kier alpha value is -1.92. The van der Waals surface area contributed by atoms with Gasteiger partial charge in [-0.05, 0) is 32.3 Å². The van der Waals surface area contributed by atoms with E-state index in [2.05, 4.69) is 0 Å². The van der Waals surface area contributed by atoms with Crippen molar-refractivity contribution in [2.45, 2.75) is 51.0 Å². The highest BCUT2D eigenvalue weighted by atomic mass is 16.5. The van der Waals surface area contributed by atoms with Crippen molar-refractivity contribution in [3.8, 4) is 0 Å². The number of nitrogens with zero attached hydrogens (tertiary/aromatic N) is 2. The minimum absolute atomic E-state index is 0.00821. The first-order valence-electron chi connectivity index (χ1n) is 9.32. The molecule has 6 heteroatoms. The number of hydrogen-bond donors (Lipinski definition) is 0. The molecule has 0 aliphatic carbocycles. The van der Waals surface area contributed by atoms with Gasteiger partial charge in [0, 0.05) is 26.2 Å². The summed E-state index contributed by atoms with van der Waals surface area (Å²) in [5, 5.41) is 0. The van der Waals surface area contributed by atoms with Crippen molar-refractivity contribution in [1.82, 2.24) is 9.80 Å². The van der Waals surface area contributed by atoms with E-state index in [4.69, 9.17) is 9.47 Å². The summed E-state index contributed by atoms with van der Waals surface area (Å²) in [7, 11) is 1.71. The highest BCUT2D eigenvalue weighted by Gasteiger charge is 2.44. The lowest BCUT2D eigenvalue weighted by molar-refractivity contribution is -0.172. The van der Waals surface area contributed by atoms with Gasteiger partial charge in [-0.3, -0.25) is 9.59 Å². The Bertz CT molecular complexity index is 626. The molecule has 1 aromatic rings. The maximum atomic E-state index is 13.2. The molecule has 142 valence electrons. The summed E-state index contributed by atoms with van der Waals surface area (Å²) < 4.78 is 11.2. The van der Waals surface area contributed by atoms with Crippen LogP contribution in [0.4, 0.5) is 0 Å². The third kappa shape index (κ3) is 3.76. The predicted molar refractivity (Wildman–Crippen MR) is 97.5 cm³/mol. The number of morpholine rings is 1. The van der Waals surface area contributed by atoms with Gasteiger partial charge >= 0.3 is 0 Å². The summed E-state index contributed by atoms with van der Waals surface area (Å²) in [6.07, 6.45) is 1.21. The Kier molecular flexibility index (Phi) is 5.94. The number of amides is 2. The van der Waals surface area contributed by atoms with Crippen molar-refractivity contribution >= 4 is 11.8 Å². The lowest BCUT2D eigenvalue weighted by atomic mass is 9.94. The van der Waals surface area contributed by atoms with Gasteiger partial charge in [-0.2, -0.15) is 0 Å². The van der Waals surface area contributed by atoms with Crippen molar-refractivity contribution in [3.63, 3.8) is 0 Å². The van der Waals surface area contributed by atoms with Gasteiger partial charge in [0.05, 0.1) is 12.1 Å². The normalized spacial score (nSPS) is 25.0. The van der Waals surface area contributed by atoms with Crippen molar-refractivity contribution in [2.24, 2.45) is 0 Å². The molecule has 0 radical (unpaired) electrons. The molecule has 26 heavy (non-hydrogen) atoms. The summed E-state index contributed by atoms with van der Waals surface area (Å²) >= 11 is 0. The van der Waals surface area contributed by atoms with Crippen LogP contribution in [0.1, 0.15) is 38.3 Å². The van der Waals surface area contributed by atoms with E-state index in [0.717, 1.165) is 18.4 Å². The fourth-order valence-corrected chi connectivity index (χ4v) is 3.92. The summed E-state index contributed by atoms with van der Waals surface area (Å²) in [6.45, 7) is 5.23. The molecule has 2 amide bonds. The second-order valence-corrected chi connectivity index (χ2v) is 7.24. The molecule has 0 saturated carbocycles. The number of carbonyl (C=O) groups excluding carboxylic acids is 2. The van der Waals surface area contributed by atoms with Crippen molar-refractivity contribution in [2.75, 3.05) is 26.8 Å². The molecule has 2 aliphatic heterocycles. The second kappa shape index (κ2) is 8.18. The number of rotatable bonds is 4. The van der Waals surface area contributed by atoms with E-state index in [1.54, 1.807) is 12.0 Å². The fourth-order valence-electron chi connectivity index (χ4n) is 3.92. The van der Waals surface area contributed by atoms with Gasteiger partial charge in [-0.25, -0.2) is 0 Å². The van der Waals surface area contributed by atoms with Crippen LogP contribution in [0, 0.1) is 0 Å². The second-order valence-electron chi connectivity index (χ2n) is 7.24. The van der Waals surface area contributed by atoms with Crippen LogP contribution in [0.15, 0.2) is 30.3 Å². The summed E-state index contributed by atoms with van der Waals surface area (Å²) in [5.74, 6) is -0.109. The van der Waals surface area contributed by atoms with E-state index in [-0.39, 0.29) is 30.6 Å². The molecular formula is C20H28N2O4. The van der Waals surface area contributed by atoms with Crippen molar-refractivity contribution in [1.29, 1.82) is 0 Å². The van der Waals surface area contributed by atoms with Crippen LogP contribution in [-0.2, 0) is 19.1 Å². The van der Waals surface area contributed by atoms with E-state index in [0.29, 0.717) is 13.1 Å². The van der Waals surface area contributed by atoms with Gasteiger partial charge in [0.2, 0.25) is 5.91 Å². The van der Waals surface area contributed by atoms with Gasteiger partial charge < -0.3 is 19.3 Å². The molecule has 0 aromatic heterocycles. The van der Waals surface area contributed by atoms with Gasteiger partial charge in [-0.15, -0.1) is 0 Å². The van der Waals surface area contributed by atoms with E-state index in [1.165, 1.54) is 0 Å². The van der Waals surface area contributed by atoms with Gasteiger partial charge in [0.25, 0.3) is 5.91 Å². The SMILES string of the molecule is COC1CCN(C(=O)[C@H]2OCC(=O)N(C(C)C)[C@@H]2c2ccccc2)CC1. The fraction of sp³-hybridized carbons (Fsp3) is 0.600. The summed E-state index contributed by atoms with van der Waals surface area (Å²) in [4.78, 5) is 29.4. The summed E-state index contributed by atoms with van der Waals surface area (Å²) in [5.41, 5.74) is 0.930. The third-order valence-corrected chi connectivity index (χ3v) is 5.29. The Labute approximate surface area is 155 Å². The van der Waals surface area contributed by atoms with Gasteiger partial charge in [0.1, 0.15) is 6.61 Å². The van der Waals surface area contributed by atoms with Crippen molar-refractivity contribution < 1.29 is 19.1 Å². The topological polar surface area (TPSA) is 59.1 Å². The first-order chi connectivity index (χ1) is 12.5. The predicted octanol–water partition coefficient (Wildman–Crippen LogP) is 2.00. The molecule has 0 spiro atoms. The lowest BCUT2D eigenvalue weighted by Gasteiger charge is -2.44. The molecule has 2 saturated heterocycles. The first-order valence-corrected chi connectivity index (χ1v) is 9.32. The molecule has 3 rings (SSSR count). The zero-order valence-corrected chi connectivity index (χ0v) is 15.8. The lowest BCUT2D eigenvalue weighted by Crippen LogP contribution is -2.57. The monoisotopic (exact) mass is 360 g/mol. The highest BCUT2D eigenvalue weighted by molar-refractivity contribution is 5.86. The van der Waals surface area contributed by atoms with Crippen LogP contribution in [0.25, 0.3) is 0 Å². The Morgan fingerprint density at radius 1 is 1.19 bits per heavy atom. The summed E-state index contributed by atoms with van der Waals surface area (Å²) in [6, 6.07) is 9.30. The molecule has 0 unspecified atom stereocenters. The number of likely N-dealkylation sites (tertiary alicyclic amines) is 1. The zero-order valence-electron chi connectivity index (χ0n) is 15.8. The minimum atomic E-state index is -0.670. The van der Waals surface area contributed by atoms with E-state index >= 15 is 0 Å². The Morgan fingerprint density at radius 2 is 1.85 bits per heavy atom. The van der Waals surface area contributed by atoms with E-state index in [9.17, 15) is 9.59 Å². The molecule has 0 bridgehead atoms. The minimum Gasteiger partial charge on any atom is -0.381 e. The highest BCUT2D eigenvalue weighted by Crippen LogP contribution is 2.33. The number of hydrogen-bond acceptors (Lipinski definition) is 4. The molecule has 6 nitrogen and oxygen atoms in total. The van der Waals surface area contributed by atoms with Crippen LogP contribution < -0.4 is 0 Å². The Balaban J connectivity index is 1.86. The maximum absolute atomic E-state index is 13.2. The Morgan fingerprint density at radius 3 is 2.42 bits per heavy atom. The average molecular weight is 360 g/mol. The smallest absolute Gasteiger partial charge is 0.254 e. The standard InChI is InChI=1S/C20H28N2O4/c1-14(2)22-17(23)13-26-19(18(22)15-7-5-4-6-8-15)20(24)21-11-9-16(25-3)10-12-21/h4-8,14,16,18-19H,9-13H2,1-3H3/t18-,19+/m1/s1. The molecule has 0 N–H and O–H groups in total. The van der Waals surface area contributed by atoms with Crippen molar-refractivity contribution in [3.05, 3.63) is 35.9 Å². The van der Waals surface area contributed by atoms with Crippen LogP contribution in [0.5, 0.6) is 0 Å². The molecular weight excluding hydrogens is 332 g/mol. The molecule has 1 aromatic carbocycles. The molecule has 2 fully saturated rings.